The number of nitrogens with two attached hydrogens (primary N) is 1. The minimum absolute atomic E-state index is 0.0109. The van der Waals surface area contributed by atoms with Crippen molar-refractivity contribution in [3.8, 4) is 22.9 Å². The second-order valence-corrected chi connectivity index (χ2v) is 14.3. The average molecular weight is 668 g/mol. The van der Waals surface area contributed by atoms with Crippen LogP contribution >= 0.6 is 22.9 Å². The van der Waals surface area contributed by atoms with Crippen molar-refractivity contribution in [3.63, 3.8) is 0 Å². The van der Waals surface area contributed by atoms with Crippen LogP contribution in [0.4, 0.5) is 29.5 Å². The number of nitrogens with zero attached hydrogens (tertiary/aromatic N) is 4. The van der Waals surface area contributed by atoms with Crippen molar-refractivity contribution in [2.24, 2.45) is 10.9 Å². The summed E-state index contributed by atoms with van der Waals surface area (Å²) in [6.07, 6.45) is 9.11. The van der Waals surface area contributed by atoms with Crippen LogP contribution in [0.25, 0.3) is 21.2 Å². The van der Waals surface area contributed by atoms with E-state index < -0.39 is 17.8 Å². The molecule has 242 valence electrons. The predicted octanol–water partition coefficient (Wildman–Crippen LogP) is 9.30. The second kappa shape index (κ2) is 12.4. The standard InChI is InChI=1S/C28H25ClF2N4OS.C7H12FN/c1-3-18-13(2)35-19(14-7-5-4-6-8-14)12-36-26-22(29)21(23(31)24(34-18)25(26)35)15-9-10-17(30)27-20(15)16(11-32)28(33)37-27;8-6-4-7-2-1-3-9(7)5-6/h9-10,14,19H,2-8,12,33H2,1H3;6-7H,1-5H2. The highest BCUT2D eigenvalue weighted by Crippen LogP contribution is 2.57. The molecule has 3 fully saturated rings. The SMILES string of the molecule is C=C1C(CC)=Nc2c(F)c(-c3ccc(F)c4sc(N)c(C#N)c34)c(Cl)c3c2N1C(C1CCCCC1)CO3.FC1CC2CCCN2C1. The van der Waals surface area contributed by atoms with Crippen molar-refractivity contribution in [1.82, 2.24) is 4.90 Å². The van der Waals surface area contributed by atoms with Gasteiger partial charge in [-0.2, -0.15) is 5.26 Å². The lowest BCUT2D eigenvalue weighted by Crippen LogP contribution is -2.49. The molecule has 2 saturated heterocycles. The summed E-state index contributed by atoms with van der Waals surface area (Å²) in [4.78, 5) is 9.07. The van der Waals surface area contributed by atoms with Crippen LogP contribution in [0.1, 0.15) is 70.3 Å². The number of halogens is 4. The summed E-state index contributed by atoms with van der Waals surface area (Å²) in [5, 5.41) is 10.2. The predicted molar refractivity (Wildman–Crippen MR) is 180 cm³/mol. The Morgan fingerprint density at radius 3 is 2.70 bits per heavy atom. The molecular formula is C35H37ClF3N5OS. The third kappa shape index (κ3) is 5.06. The number of benzene rings is 2. The van der Waals surface area contributed by atoms with Crippen LogP contribution in [0.15, 0.2) is 29.4 Å². The van der Waals surface area contributed by atoms with Crippen molar-refractivity contribution in [2.75, 3.05) is 30.3 Å². The summed E-state index contributed by atoms with van der Waals surface area (Å²) in [7, 11) is 0. The molecule has 1 saturated carbocycles. The lowest BCUT2D eigenvalue weighted by atomic mass is 9.82. The number of thiophene rings is 1. The zero-order valence-corrected chi connectivity index (χ0v) is 27.4. The van der Waals surface area contributed by atoms with Crippen molar-refractivity contribution in [1.29, 1.82) is 5.26 Å². The molecule has 8 rings (SSSR count). The molecule has 11 heteroatoms. The number of rotatable bonds is 3. The molecular weight excluding hydrogens is 631 g/mol. The van der Waals surface area contributed by atoms with Crippen molar-refractivity contribution >= 4 is 55.1 Å². The van der Waals surface area contributed by atoms with Crippen LogP contribution in [-0.2, 0) is 0 Å². The number of alkyl halides is 1. The second-order valence-electron chi connectivity index (χ2n) is 12.9. The number of hydrogen-bond acceptors (Lipinski definition) is 7. The van der Waals surface area contributed by atoms with Crippen LogP contribution < -0.4 is 15.4 Å². The topological polar surface area (TPSA) is 77.9 Å². The smallest absolute Gasteiger partial charge is 0.164 e. The Balaban J connectivity index is 0.000000321. The van der Waals surface area contributed by atoms with Gasteiger partial charge >= 0.3 is 0 Å². The summed E-state index contributed by atoms with van der Waals surface area (Å²) in [5.41, 5.74) is 8.52. The monoisotopic (exact) mass is 667 g/mol. The average Bonchev–Trinajstić information content (AvgIpc) is 3.75. The molecule has 46 heavy (non-hydrogen) atoms. The first-order valence-corrected chi connectivity index (χ1v) is 17.5. The highest BCUT2D eigenvalue weighted by atomic mass is 35.5. The van der Waals surface area contributed by atoms with Crippen molar-refractivity contribution in [3.05, 3.63) is 46.6 Å². The normalized spacial score (nSPS) is 24.2. The summed E-state index contributed by atoms with van der Waals surface area (Å²) in [6, 6.07) is 5.34. The molecule has 1 aliphatic carbocycles. The number of anilines is 2. The van der Waals surface area contributed by atoms with Gasteiger partial charge in [-0.1, -0.05) is 50.4 Å². The molecule has 2 N–H and O–H groups in total. The molecule has 4 aliphatic heterocycles. The van der Waals surface area contributed by atoms with E-state index in [1.54, 1.807) is 0 Å². The molecule has 2 aromatic carbocycles. The minimum Gasteiger partial charge on any atom is -0.488 e. The van der Waals surface area contributed by atoms with E-state index >= 15 is 4.39 Å². The number of allylic oxidation sites excluding steroid dienone is 1. The maximum absolute atomic E-state index is 16.6. The van der Waals surface area contributed by atoms with E-state index in [1.807, 2.05) is 13.0 Å². The number of ether oxygens (including phenoxy) is 1. The zero-order valence-electron chi connectivity index (χ0n) is 25.9. The Hall–Kier alpha value is -3.26. The molecule has 0 amide bonds. The Morgan fingerprint density at radius 2 is 1.98 bits per heavy atom. The summed E-state index contributed by atoms with van der Waals surface area (Å²) in [5.74, 6) is -0.443. The summed E-state index contributed by atoms with van der Waals surface area (Å²) < 4.78 is 50.4. The third-order valence-electron chi connectivity index (χ3n) is 10.3. The lowest BCUT2D eigenvalue weighted by Gasteiger charge is -2.46. The third-order valence-corrected chi connectivity index (χ3v) is 11.7. The van der Waals surface area contributed by atoms with Crippen LogP contribution in [-0.4, -0.2) is 48.6 Å². The molecule has 0 radical (unpaired) electrons. The molecule has 5 aliphatic rings. The molecule has 1 aromatic heterocycles. The highest BCUT2D eigenvalue weighted by molar-refractivity contribution is 7.23. The van der Waals surface area contributed by atoms with Gasteiger partial charge in [-0.05, 0) is 62.6 Å². The Morgan fingerprint density at radius 1 is 1.20 bits per heavy atom. The Labute approximate surface area is 276 Å². The van der Waals surface area contributed by atoms with Gasteiger partial charge in [0.25, 0.3) is 0 Å². The maximum atomic E-state index is 16.6. The lowest BCUT2D eigenvalue weighted by molar-refractivity contribution is 0.197. The van der Waals surface area contributed by atoms with Crippen LogP contribution in [0.2, 0.25) is 5.02 Å². The first-order chi connectivity index (χ1) is 22.2. The Kier molecular flexibility index (Phi) is 8.45. The molecule has 3 aromatic rings. The zero-order chi connectivity index (χ0) is 32.3. The number of nitrogen functional groups attached to an aromatic ring is 1. The first kappa shape index (κ1) is 31.3. The van der Waals surface area contributed by atoms with Crippen molar-refractivity contribution < 1.29 is 17.9 Å². The number of hydrogen-bond donors (Lipinski definition) is 1. The molecule has 6 nitrogen and oxygen atoms in total. The largest absolute Gasteiger partial charge is 0.488 e. The highest BCUT2D eigenvalue weighted by Gasteiger charge is 2.43. The Bertz CT molecular complexity index is 1780. The summed E-state index contributed by atoms with van der Waals surface area (Å²) in [6.45, 7) is 8.56. The van der Waals surface area contributed by atoms with Gasteiger partial charge < -0.3 is 15.4 Å². The van der Waals surface area contributed by atoms with Gasteiger partial charge in [0, 0.05) is 23.5 Å². The molecule has 3 atom stereocenters. The minimum atomic E-state index is -0.637. The van der Waals surface area contributed by atoms with E-state index in [4.69, 9.17) is 27.1 Å². The van der Waals surface area contributed by atoms with Gasteiger partial charge in [-0.3, -0.25) is 4.90 Å². The van der Waals surface area contributed by atoms with E-state index in [-0.39, 0.29) is 48.5 Å². The van der Waals surface area contributed by atoms with Gasteiger partial charge in [0.1, 0.15) is 41.0 Å². The first-order valence-electron chi connectivity index (χ1n) is 16.3. The summed E-state index contributed by atoms with van der Waals surface area (Å²) >= 11 is 7.86. The number of aliphatic imine (C=N–C) groups is 1. The van der Waals surface area contributed by atoms with Gasteiger partial charge in [-0.25, -0.2) is 18.2 Å². The van der Waals surface area contributed by atoms with E-state index in [0.717, 1.165) is 55.7 Å². The van der Waals surface area contributed by atoms with Crippen LogP contribution in [0.3, 0.4) is 0 Å². The molecule has 3 unspecified atom stereocenters. The van der Waals surface area contributed by atoms with Gasteiger partial charge in [-0.15, -0.1) is 11.3 Å². The fourth-order valence-electron chi connectivity index (χ4n) is 8.10. The fourth-order valence-corrected chi connectivity index (χ4v) is 9.38. The van der Waals surface area contributed by atoms with Crippen LogP contribution in [0, 0.1) is 28.9 Å². The van der Waals surface area contributed by atoms with Gasteiger partial charge in [0.15, 0.2) is 11.6 Å². The van der Waals surface area contributed by atoms with E-state index in [2.05, 4.69) is 16.4 Å². The fraction of sp³-hybridized carbons (Fsp3) is 0.486. The van der Waals surface area contributed by atoms with E-state index in [9.17, 15) is 14.0 Å². The number of fused-ring (bicyclic) bond motifs is 2. The molecule has 0 spiro atoms. The maximum Gasteiger partial charge on any atom is 0.164 e. The quantitative estimate of drug-likeness (QED) is 0.301. The van der Waals surface area contributed by atoms with Crippen molar-refractivity contribution in [2.45, 2.75) is 83.0 Å². The molecule has 0 bridgehead atoms. The van der Waals surface area contributed by atoms with E-state index in [1.165, 1.54) is 31.4 Å². The number of nitriles is 1. The van der Waals surface area contributed by atoms with E-state index in [0.29, 0.717) is 48.7 Å². The van der Waals surface area contributed by atoms with Gasteiger partial charge in [0.05, 0.1) is 32.7 Å². The van der Waals surface area contributed by atoms with Crippen LogP contribution in [0.5, 0.6) is 5.75 Å². The molecule has 5 heterocycles. The van der Waals surface area contributed by atoms with Gasteiger partial charge in [0.2, 0.25) is 0 Å².